The van der Waals surface area contributed by atoms with Gasteiger partial charge in [-0.15, -0.1) is 11.8 Å². The highest BCUT2D eigenvalue weighted by atomic mass is 32.2. The molecule has 3 rings (SSSR count). The molecule has 5 nitrogen and oxygen atoms in total. The summed E-state index contributed by atoms with van der Waals surface area (Å²) in [5.74, 6) is 0.850. The molecular weight excluding hydrogens is 376 g/mol. The van der Waals surface area contributed by atoms with E-state index in [0.717, 1.165) is 27.5 Å². The van der Waals surface area contributed by atoms with Crippen LogP contribution in [0.15, 0.2) is 57.1 Å². The lowest BCUT2D eigenvalue weighted by molar-refractivity contribution is 0.601. The van der Waals surface area contributed by atoms with Crippen molar-refractivity contribution in [2.24, 2.45) is 0 Å². The molecule has 25 heavy (non-hydrogen) atoms. The van der Waals surface area contributed by atoms with Gasteiger partial charge in [0.15, 0.2) is 0 Å². The predicted molar refractivity (Wildman–Crippen MR) is 105 cm³/mol. The number of hydrogen-bond acceptors (Lipinski definition) is 5. The van der Waals surface area contributed by atoms with Crippen molar-refractivity contribution in [3.05, 3.63) is 52.1 Å². The van der Waals surface area contributed by atoms with E-state index < -0.39 is 10.0 Å². The summed E-state index contributed by atoms with van der Waals surface area (Å²) < 4.78 is 30.5. The number of benzene rings is 2. The number of nitrogens with zero attached hydrogens (tertiary/aromatic N) is 1. The largest absolute Gasteiger partial charge is 0.308 e. The Hall–Kier alpha value is -1.77. The van der Waals surface area contributed by atoms with E-state index in [1.165, 1.54) is 0 Å². The molecule has 1 N–H and O–H groups in total. The molecule has 0 fully saturated rings. The molecule has 0 aliphatic rings. The van der Waals surface area contributed by atoms with Crippen LogP contribution >= 0.6 is 23.1 Å². The molecule has 0 amide bonds. The number of para-hydroxylation sites is 1. The van der Waals surface area contributed by atoms with Gasteiger partial charge in [-0.3, -0.25) is 14.1 Å². The number of thioether (sulfide) groups is 1. The molecule has 0 aliphatic heterocycles. The fraction of sp³-hybridized carbons (Fsp3) is 0.235. The molecular formula is C17H18N2O3S3. The van der Waals surface area contributed by atoms with Gasteiger partial charge in [0.05, 0.1) is 20.8 Å². The van der Waals surface area contributed by atoms with Crippen molar-refractivity contribution in [2.45, 2.75) is 30.2 Å². The lowest BCUT2D eigenvalue weighted by Gasteiger charge is -2.12. The minimum absolute atomic E-state index is 0.0790. The van der Waals surface area contributed by atoms with Gasteiger partial charge in [0.1, 0.15) is 0 Å². The van der Waals surface area contributed by atoms with Crippen molar-refractivity contribution in [3.63, 3.8) is 0 Å². The summed E-state index contributed by atoms with van der Waals surface area (Å²) in [5.41, 5.74) is 1.33. The van der Waals surface area contributed by atoms with Gasteiger partial charge in [-0.2, -0.15) is 0 Å². The summed E-state index contributed by atoms with van der Waals surface area (Å²) in [6.45, 7) is 4.47. The number of anilines is 1. The number of aryl methyl sites for hydroxylation is 1. The van der Waals surface area contributed by atoms with Gasteiger partial charge in [0, 0.05) is 11.4 Å². The highest BCUT2D eigenvalue weighted by Gasteiger charge is 2.18. The van der Waals surface area contributed by atoms with E-state index in [1.807, 2.05) is 26.0 Å². The second-order valence-electron chi connectivity index (χ2n) is 5.28. The first kappa shape index (κ1) is 18.0. The maximum Gasteiger partial charge on any atom is 0.308 e. The highest BCUT2D eigenvalue weighted by Crippen LogP contribution is 2.29. The molecule has 0 saturated heterocycles. The number of rotatable bonds is 6. The summed E-state index contributed by atoms with van der Waals surface area (Å²) in [5, 5.41) is 0. The molecule has 132 valence electrons. The molecule has 0 spiro atoms. The number of hydrogen-bond donors (Lipinski definition) is 1. The lowest BCUT2D eigenvalue weighted by atomic mass is 10.3. The molecule has 0 aliphatic carbocycles. The SMILES string of the molecule is CCSc1ccccc1NS(=O)(=O)c1ccc2c(c1)sc(=O)n2CC. The van der Waals surface area contributed by atoms with Gasteiger partial charge in [0.25, 0.3) is 10.0 Å². The van der Waals surface area contributed by atoms with Crippen LogP contribution in [0.4, 0.5) is 5.69 Å². The van der Waals surface area contributed by atoms with E-state index in [0.29, 0.717) is 16.9 Å². The Labute approximate surface area is 154 Å². The van der Waals surface area contributed by atoms with Gasteiger partial charge in [-0.05, 0) is 43.0 Å². The van der Waals surface area contributed by atoms with Crippen LogP contribution in [-0.2, 0) is 16.6 Å². The average molecular weight is 395 g/mol. The van der Waals surface area contributed by atoms with Crippen LogP contribution in [0.5, 0.6) is 0 Å². The zero-order valence-corrected chi connectivity index (χ0v) is 16.3. The summed E-state index contributed by atoms with van der Waals surface area (Å²) in [7, 11) is -3.72. The van der Waals surface area contributed by atoms with Gasteiger partial charge < -0.3 is 0 Å². The molecule has 0 unspecified atom stereocenters. The minimum Gasteiger partial charge on any atom is -0.299 e. The van der Waals surface area contributed by atoms with E-state index in [-0.39, 0.29) is 9.77 Å². The Morgan fingerprint density at radius 1 is 1.16 bits per heavy atom. The third kappa shape index (κ3) is 3.61. The van der Waals surface area contributed by atoms with E-state index in [2.05, 4.69) is 4.72 Å². The molecule has 0 bridgehead atoms. The van der Waals surface area contributed by atoms with Crippen molar-refractivity contribution in [1.82, 2.24) is 4.57 Å². The maximum absolute atomic E-state index is 12.8. The third-order valence-electron chi connectivity index (χ3n) is 3.70. The number of nitrogens with one attached hydrogen (secondary N) is 1. The second-order valence-corrected chi connectivity index (χ2v) is 9.26. The summed E-state index contributed by atoms with van der Waals surface area (Å²) in [6, 6.07) is 12.1. The Kier molecular flexibility index (Phi) is 5.21. The zero-order valence-electron chi connectivity index (χ0n) is 13.9. The minimum atomic E-state index is -3.72. The van der Waals surface area contributed by atoms with E-state index in [9.17, 15) is 13.2 Å². The Balaban J connectivity index is 2.00. The van der Waals surface area contributed by atoms with Gasteiger partial charge in [-0.1, -0.05) is 30.4 Å². The quantitative estimate of drug-likeness (QED) is 0.642. The molecule has 0 atom stereocenters. The molecule has 8 heteroatoms. The topological polar surface area (TPSA) is 68.2 Å². The predicted octanol–water partition coefficient (Wildman–Crippen LogP) is 4.00. The Morgan fingerprint density at radius 3 is 2.64 bits per heavy atom. The van der Waals surface area contributed by atoms with Crippen molar-refractivity contribution in [1.29, 1.82) is 0 Å². The highest BCUT2D eigenvalue weighted by molar-refractivity contribution is 7.99. The molecule has 0 saturated carbocycles. The number of fused-ring (bicyclic) bond motifs is 1. The lowest BCUT2D eigenvalue weighted by Crippen LogP contribution is -2.13. The van der Waals surface area contributed by atoms with Crippen molar-refractivity contribution in [2.75, 3.05) is 10.5 Å². The van der Waals surface area contributed by atoms with E-state index >= 15 is 0 Å². The molecule has 0 radical (unpaired) electrons. The number of aromatic nitrogens is 1. The van der Waals surface area contributed by atoms with E-state index in [1.54, 1.807) is 46.7 Å². The van der Waals surface area contributed by atoms with Crippen LogP contribution in [0, 0.1) is 0 Å². The van der Waals surface area contributed by atoms with Gasteiger partial charge >= 0.3 is 4.87 Å². The van der Waals surface area contributed by atoms with Gasteiger partial charge in [0.2, 0.25) is 0 Å². The summed E-state index contributed by atoms with van der Waals surface area (Å²) in [4.78, 5) is 12.9. The molecule has 1 heterocycles. The van der Waals surface area contributed by atoms with E-state index in [4.69, 9.17) is 0 Å². The fourth-order valence-corrected chi connectivity index (χ4v) is 5.55. The van der Waals surface area contributed by atoms with Crippen LogP contribution in [0.2, 0.25) is 0 Å². The van der Waals surface area contributed by atoms with Crippen LogP contribution < -0.4 is 9.60 Å². The number of thiazole rings is 1. The summed E-state index contributed by atoms with van der Waals surface area (Å²) >= 11 is 2.64. The fourth-order valence-electron chi connectivity index (χ4n) is 2.55. The first-order valence-corrected chi connectivity index (χ1v) is 11.1. The first-order chi connectivity index (χ1) is 12.0. The Bertz CT molecular complexity index is 1070. The van der Waals surface area contributed by atoms with Crippen LogP contribution in [0.3, 0.4) is 0 Å². The standard InChI is InChI=1S/C17H18N2O3S3/c1-3-19-14-10-9-12(11-16(14)24-17(19)20)25(21,22)18-13-7-5-6-8-15(13)23-4-2/h5-11,18H,3-4H2,1-2H3. The van der Waals surface area contributed by atoms with Crippen molar-refractivity contribution in [3.8, 4) is 0 Å². The molecule has 3 aromatic rings. The maximum atomic E-state index is 12.8. The normalized spacial score (nSPS) is 11.8. The average Bonchev–Trinajstić information content (AvgIpc) is 2.90. The molecule has 1 aromatic heterocycles. The van der Waals surface area contributed by atoms with Gasteiger partial charge in [-0.25, -0.2) is 8.42 Å². The zero-order chi connectivity index (χ0) is 18.0. The Morgan fingerprint density at radius 2 is 1.92 bits per heavy atom. The monoisotopic (exact) mass is 394 g/mol. The summed E-state index contributed by atoms with van der Waals surface area (Å²) in [6.07, 6.45) is 0. The van der Waals surface area contributed by atoms with Crippen LogP contribution in [0.25, 0.3) is 10.2 Å². The first-order valence-electron chi connectivity index (χ1n) is 7.84. The van der Waals surface area contributed by atoms with Crippen molar-refractivity contribution < 1.29 is 8.42 Å². The third-order valence-corrected chi connectivity index (χ3v) is 6.96. The smallest absolute Gasteiger partial charge is 0.299 e. The number of sulfonamides is 1. The second kappa shape index (κ2) is 7.23. The van der Waals surface area contributed by atoms with Crippen molar-refractivity contribution >= 4 is 49.0 Å². The van der Waals surface area contributed by atoms with Crippen LogP contribution in [-0.4, -0.2) is 18.7 Å². The molecule has 2 aromatic carbocycles. The van der Waals surface area contributed by atoms with Crippen LogP contribution in [0.1, 0.15) is 13.8 Å².